The van der Waals surface area contributed by atoms with Gasteiger partial charge in [-0.25, -0.2) is 0 Å². The number of nitrogens with zero attached hydrogens (tertiary/aromatic N) is 2. The number of hydrogen-bond donors (Lipinski definition) is 2. The topological polar surface area (TPSA) is 61.0 Å². The lowest BCUT2D eigenvalue weighted by molar-refractivity contribution is -0.137. The summed E-state index contributed by atoms with van der Waals surface area (Å²) in [6, 6.07) is 10.1. The van der Waals surface area contributed by atoms with Gasteiger partial charge in [-0.1, -0.05) is 6.58 Å². The van der Waals surface area contributed by atoms with Crippen LogP contribution in [0.4, 0.5) is 24.7 Å². The molecule has 30 heavy (non-hydrogen) atoms. The van der Waals surface area contributed by atoms with Crippen molar-refractivity contribution in [2.24, 2.45) is 0 Å². The van der Waals surface area contributed by atoms with Crippen LogP contribution in [-0.2, 0) is 12.7 Å². The van der Waals surface area contributed by atoms with Crippen LogP contribution in [0, 0.1) is 0 Å². The van der Waals surface area contributed by atoms with Gasteiger partial charge in [-0.3, -0.25) is 14.7 Å². The van der Waals surface area contributed by atoms with E-state index in [2.05, 4.69) is 21.9 Å². The fourth-order valence-electron chi connectivity index (χ4n) is 3.17. The first-order valence-corrected chi connectivity index (χ1v) is 9.07. The molecule has 8 heteroatoms. The summed E-state index contributed by atoms with van der Waals surface area (Å²) in [5, 5.41) is 2.83. The van der Waals surface area contributed by atoms with E-state index in [0.717, 1.165) is 23.3 Å². The van der Waals surface area contributed by atoms with Crippen molar-refractivity contribution in [2.45, 2.75) is 12.7 Å². The number of allylic oxidation sites excluding steroid dienone is 1. The smallest absolute Gasteiger partial charge is 0.347 e. The van der Waals surface area contributed by atoms with E-state index in [9.17, 15) is 18.0 Å². The number of nitrogens with one attached hydrogen (secondary N) is 2. The molecule has 2 N–H and O–H groups in total. The number of hydrogen-bond acceptors (Lipinski definition) is 3. The molecule has 2 aromatic heterocycles. The van der Waals surface area contributed by atoms with Crippen LogP contribution in [0.15, 0.2) is 73.2 Å². The first-order valence-electron chi connectivity index (χ1n) is 9.07. The minimum atomic E-state index is -4.41. The van der Waals surface area contributed by atoms with Crippen molar-refractivity contribution in [2.75, 3.05) is 4.90 Å². The molecule has 1 aliphatic heterocycles. The molecule has 152 valence electrons. The Hall–Kier alpha value is -3.81. The fourth-order valence-corrected chi connectivity index (χ4v) is 3.17. The van der Waals surface area contributed by atoms with Crippen molar-refractivity contribution in [1.29, 1.82) is 0 Å². The van der Waals surface area contributed by atoms with Gasteiger partial charge in [0.25, 0.3) is 5.91 Å². The monoisotopic (exact) mass is 410 g/mol. The van der Waals surface area contributed by atoms with Gasteiger partial charge in [0.05, 0.1) is 5.56 Å². The first-order chi connectivity index (χ1) is 14.3. The molecule has 0 radical (unpaired) electrons. The van der Waals surface area contributed by atoms with E-state index < -0.39 is 11.7 Å². The molecule has 3 aromatic rings. The lowest BCUT2D eigenvalue weighted by Crippen LogP contribution is -2.23. The highest BCUT2D eigenvalue weighted by Gasteiger charge is 2.31. The van der Waals surface area contributed by atoms with E-state index in [1.165, 1.54) is 12.1 Å². The van der Waals surface area contributed by atoms with Gasteiger partial charge in [0.1, 0.15) is 11.5 Å². The highest BCUT2D eigenvalue weighted by molar-refractivity contribution is 5.96. The number of halogens is 3. The summed E-state index contributed by atoms with van der Waals surface area (Å²) in [5.41, 5.74) is 2.32. The number of aromatic amines is 1. The van der Waals surface area contributed by atoms with Crippen molar-refractivity contribution >= 4 is 23.5 Å². The number of rotatable bonds is 4. The second-order valence-corrected chi connectivity index (χ2v) is 6.73. The average Bonchev–Trinajstić information content (AvgIpc) is 3.16. The molecule has 0 spiro atoms. The van der Waals surface area contributed by atoms with Crippen LogP contribution >= 0.6 is 0 Å². The van der Waals surface area contributed by atoms with Gasteiger partial charge in [0.15, 0.2) is 0 Å². The Morgan fingerprint density at radius 2 is 1.80 bits per heavy atom. The molecule has 0 bridgehead atoms. The number of benzene rings is 1. The summed E-state index contributed by atoms with van der Waals surface area (Å²) in [7, 11) is 0. The number of anilines is 2. The van der Waals surface area contributed by atoms with Crippen molar-refractivity contribution < 1.29 is 18.0 Å². The molecule has 0 saturated heterocycles. The van der Waals surface area contributed by atoms with Gasteiger partial charge < -0.3 is 10.3 Å². The summed E-state index contributed by atoms with van der Waals surface area (Å²) in [6.07, 6.45) is 2.43. The number of aromatic nitrogens is 2. The normalized spacial score (nSPS) is 13.3. The van der Waals surface area contributed by atoms with E-state index in [1.807, 2.05) is 0 Å². The third-order valence-electron chi connectivity index (χ3n) is 4.69. The molecule has 0 saturated carbocycles. The summed E-state index contributed by atoms with van der Waals surface area (Å²) in [5.74, 6) is 0.268. The zero-order valence-corrected chi connectivity index (χ0v) is 15.7. The van der Waals surface area contributed by atoms with Crippen LogP contribution in [0.3, 0.4) is 0 Å². The molecule has 0 fully saturated rings. The number of H-pyrrole nitrogens is 1. The molecule has 1 amide bonds. The molecule has 0 unspecified atom stereocenters. The highest BCUT2D eigenvalue weighted by Crippen LogP contribution is 2.38. The molecule has 1 aliphatic rings. The quantitative estimate of drug-likeness (QED) is 0.634. The molecular weight excluding hydrogens is 393 g/mol. The van der Waals surface area contributed by atoms with E-state index in [0.29, 0.717) is 29.4 Å². The van der Waals surface area contributed by atoms with E-state index in [4.69, 9.17) is 0 Å². The summed E-state index contributed by atoms with van der Waals surface area (Å²) >= 11 is 0. The maximum Gasteiger partial charge on any atom is 0.416 e. The maximum absolute atomic E-state index is 12.9. The Labute approximate surface area is 170 Å². The van der Waals surface area contributed by atoms with Crippen molar-refractivity contribution in [3.63, 3.8) is 0 Å². The van der Waals surface area contributed by atoms with Gasteiger partial charge in [-0.2, -0.15) is 13.2 Å². The number of fused-ring (bicyclic) bond motifs is 1. The van der Waals surface area contributed by atoms with Crippen LogP contribution in [0.1, 0.15) is 27.2 Å². The first kappa shape index (κ1) is 19.5. The lowest BCUT2D eigenvalue weighted by Gasteiger charge is -2.27. The zero-order chi connectivity index (χ0) is 21.3. The summed E-state index contributed by atoms with van der Waals surface area (Å²) in [4.78, 5) is 21.2. The second kappa shape index (κ2) is 7.55. The average molecular weight is 410 g/mol. The van der Waals surface area contributed by atoms with Crippen LogP contribution in [0.25, 0.3) is 6.08 Å². The zero-order valence-electron chi connectivity index (χ0n) is 15.7. The Morgan fingerprint density at radius 1 is 1.10 bits per heavy atom. The van der Waals surface area contributed by atoms with Gasteiger partial charge >= 0.3 is 6.18 Å². The Kier molecular flexibility index (Phi) is 4.91. The minimum absolute atomic E-state index is 0.299. The Balaban J connectivity index is 1.58. The molecular formula is C22H17F3N4O. The maximum atomic E-state index is 12.9. The highest BCUT2D eigenvalue weighted by atomic mass is 19.4. The van der Waals surface area contributed by atoms with Crippen LogP contribution < -0.4 is 10.2 Å². The summed E-state index contributed by atoms with van der Waals surface area (Å²) < 4.78 is 38.6. The second-order valence-electron chi connectivity index (χ2n) is 6.73. The van der Waals surface area contributed by atoms with Crippen molar-refractivity contribution in [3.8, 4) is 0 Å². The van der Waals surface area contributed by atoms with Crippen molar-refractivity contribution in [3.05, 3.63) is 95.6 Å². The predicted octanol–water partition coefficient (Wildman–Crippen LogP) is 5.04. The van der Waals surface area contributed by atoms with E-state index in [1.54, 1.807) is 47.6 Å². The van der Waals surface area contributed by atoms with E-state index >= 15 is 0 Å². The van der Waals surface area contributed by atoms with Crippen molar-refractivity contribution in [1.82, 2.24) is 15.3 Å². The lowest BCUT2D eigenvalue weighted by atomic mass is 10.1. The molecule has 0 atom stereocenters. The minimum Gasteiger partial charge on any atom is -0.347 e. The number of pyridine rings is 1. The molecule has 0 aliphatic carbocycles. The third kappa shape index (κ3) is 3.84. The van der Waals surface area contributed by atoms with E-state index in [-0.39, 0.29) is 5.91 Å². The van der Waals surface area contributed by atoms with Gasteiger partial charge in [-0.05, 0) is 60.2 Å². The third-order valence-corrected chi connectivity index (χ3v) is 4.69. The summed E-state index contributed by atoms with van der Waals surface area (Å²) in [6.45, 7) is 4.31. The van der Waals surface area contributed by atoms with Crippen LogP contribution in [-0.4, -0.2) is 15.9 Å². The molecule has 5 nitrogen and oxygen atoms in total. The molecule has 4 rings (SSSR count). The molecule has 3 heterocycles. The number of amides is 1. The predicted molar refractivity (Wildman–Crippen MR) is 108 cm³/mol. The Morgan fingerprint density at radius 3 is 2.47 bits per heavy atom. The number of alkyl halides is 3. The Bertz CT molecular complexity index is 1120. The number of carbonyl (C=O) groups is 1. The van der Waals surface area contributed by atoms with Gasteiger partial charge in [0.2, 0.25) is 0 Å². The number of carbonyl (C=O) groups excluding carboxylic acids is 1. The largest absolute Gasteiger partial charge is 0.416 e. The van der Waals surface area contributed by atoms with Crippen LogP contribution in [0.2, 0.25) is 0 Å². The fraction of sp³-hybridized carbons (Fsp3) is 0.0909. The van der Waals surface area contributed by atoms with Gasteiger partial charge in [-0.15, -0.1) is 0 Å². The SMILES string of the molecule is C=C1C=Cc2cc(C(=O)NCc3ccncc3)[nH]c2N1c1ccc(C(F)(F)F)cc1. The van der Waals surface area contributed by atoms with Gasteiger partial charge in [0, 0.05) is 35.9 Å². The standard InChI is InChI=1S/C22H17F3N4O/c1-14-2-3-16-12-19(21(30)27-13-15-8-10-26-11-9-15)28-20(16)29(14)18-6-4-17(5-7-18)22(23,24)25/h2-12,28H,1,13H2,(H,27,30). The van der Waals surface area contributed by atoms with Crippen LogP contribution in [0.5, 0.6) is 0 Å². The molecule has 1 aromatic carbocycles.